The highest BCUT2D eigenvalue weighted by molar-refractivity contribution is 6.32. The number of ether oxygens (including phenoxy) is 2. The van der Waals surface area contributed by atoms with E-state index in [9.17, 15) is 9.59 Å². The molecule has 1 amide bonds. The SMILES string of the molecule is C=CCOc1ccc(C2NC(=O)c3oc4cc(C)c(Cl)cc4c(=O)c32)cc1OCC. The molecule has 154 valence electrons. The Morgan fingerprint density at radius 1 is 1.20 bits per heavy atom. The van der Waals surface area contributed by atoms with Crippen molar-refractivity contribution in [2.24, 2.45) is 0 Å². The molecular weight excluding hydrogens is 406 g/mol. The van der Waals surface area contributed by atoms with Gasteiger partial charge in [0.2, 0.25) is 5.76 Å². The number of hydrogen-bond donors (Lipinski definition) is 1. The van der Waals surface area contributed by atoms with Crippen molar-refractivity contribution in [2.45, 2.75) is 19.9 Å². The molecule has 1 atom stereocenters. The Kier molecular flexibility index (Phi) is 5.26. The lowest BCUT2D eigenvalue weighted by atomic mass is 9.98. The minimum absolute atomic E-state index is 0.0177. The smallest absolute Gasteiger partial charge is 0.288 e. The third kappa shape index (κ3) is 3.33. The van der Waals surface area contributed by atoms with Gasteiger partial charge in [-0.25, -0.2) is 0 Å². The quantitative estimate of drug-likeness (QED) is 0.586. The molecule has 4 rings (SSSR count). The molecule has 2 aromatic carbocycles. The summed E-state index contributed by atoms with van der Waals surface area (Å²) in [6.07, 6.45) is 1.64. The number of hydrogen-bond acceptors (Lipinski definition) is 5. The summed E-state index contributed by atoms with van der Waals surface area (Å²) in [7, 11) is 0. The van der Waals surface area contributed by atoms with Crippen molar-refractivity contribution in [3.63, 3.8) is 0 Å². The Morgan fingerprint density at radius 2 is 2.00 bits per heavy atom. The molecular formula is C23H20ClNO5. The van der Waals surface area contributed by atoms with E-state index in [1.54, 1.807) is 36.4 Å². The second kappa shape index (κ2) is 7.88. The minimum atomic E-state index is -0.666. The van der Waals surface area contributed by atoms with Crippen LogP contribution in [0, 0.1) is 6.92 Å². The van der Waals surface area contributed by atoms with Crippen LogP contribution in [0.15, 0.2) is 52.2 Å². The Balaban J connectivity index is 1.85. The van der Waals surface area contributed by atoms with E-state index in [2.05, 4.69) is 11.9 Å². The van der Waals surface area contributed by atoms with Crippen molar-refractivity contribution < 1.29 is 18.7 Å². The number of carbonyl (C=O) groups is 1. The van der Waals surface area contributed by atoms with Crippen molar-refractivity contribution in [3.8, 4) is 11.5 Å². The van der Waals surface area contributed by atoms with Gasteiger partial charge in [-0.2, -0.15) is 0 Å². The zero-order valence-electron chi connectivity index (χ0n) is 16.6. The number of nitrogens with one attached hydrogen (secondary N) is 1. The van der Waals surface area contributed by atoms with Gasteiger partial charge < -0.3 is 19.2 Å². The third-order valence-corrected chi connectivity index (χ3v) is 5.34. The van der Waals surface area contributed by atoms with Crippen molar-refractivity contribution >= 4 is 28.5 Å². The van der Waals surface area contributed by atoms with Crippen LogP contribution in [0.1, 0.15) is 40.2 Å². The number of aryl methyl sites for hydroxylation is 1. The number of rotatable bonds is 6. The first kappa shape index (κ1) is 20.0. The maximum atomic E-state index is 13.3. The van der Waals surface area contributed by atoms with Gasteiger partial charge in [-0.1, -0.05) is 30.3 Å². The summed E-state index contributed by atoms with van der Waals surface area (Å²) in [5.41, 5.74) is 1.75. The zero-order chi connectivity index (χ0) is 21.4. The van der Waals surface area contributed by atoms with E-state index >= 15 is 0 Å². The molecule has 0 spiro atoms. The van der Waals surface area contributed by atoms with E-state index in [0.29, 0.717) is 46.3 Å². The molecule has 2 heterocycles. The Hall–Kier alpha value is -3.25. The predicted octanol–water partition coefficient (Wildman–Crippen LogP) is 4.55. The highest BCUT2D eigenvalue weighted by Gasteiger charge is 2.36. The minimum Gasteiger partial charge on any atom is -0.490 e. The van der Waals surface area contributed by atoms with Gasteiger partial charge in [0.25, 0.3) is 5.91 Å². The standard InChI is InChI=1S/C23H20ClNO5/c1-4-8-29-16-7-6-13(10-18(16)28-5-2)20-19-21(26)14-11-15(24)12(3)9-17(14)30-22(19)23(27)25-20/h4,6-7,9-11,20H,1,5,8H2,2-3H3,(H,25,27). The Bertz CT molecular complexity index is 1230. The molecule has 7 heteroatoms. The van der Waals surface area contributed by atoms with E-state index in [-0.39, 0.29) is 16.8 Å². The summed E-state index contributed by atoms with van der Waals surface area (Å²) < 4.78 is 17.1. The van der Waals surface area contributed by atoms with E-state index in [0.717, 1.165) is 5.56 Å². The molecule has 0 saturated heterocycles. The highest BCUT2D eigenvalue weighted by Crippen LogP contribution is 2.36. The topological polar surface area (TPSA) is 77.8 Å². The number of amides is 1. The molecule has 0 fully saturated rings. The molecule has 1 aliphatic rings. The average molecular weight is 426 g/mol. The number of fused-ring (bicyclic) bond motifs is 2. The average Bonchev–Trinajstić information content (AvgIpc) is 3.05. The maximum Gasteiger partial charge on any atom is 0.288 e. The molecule has 3 aromatic rings. The Morgan fingerprint density at radius 3 is 2.73 bits per heavy atom. The van der Waals surface area contributed by atoms with Crippen LogP contribution in [0.3, 0.4) is 0 Å². The fourth-order valence-corrected chi connectivity index (χ4v) is 3.68. The van der Waals surface area contributed by atoms with Gasteiger partial charge in [0.15, 0.2) is 16.9 Å². The maximum absolute atomic E-state index is 13.3. The summed E-state index contributed by atoms with van der Waals surface area (Å²) in [4.78, 5) is 25.8. The lowest BCUT2D eigenvalue weighted by molar-refractivity contribution is 0.0938. The molecule has 0 aliphatic carbocycles. The van der Waals surface area contributed by atoms with Gasteiger partial charge in [-0.15, -0.1) is 0 Å². The second-order valence-corrected chi connectivity index (χ2v) is 7.32. The largest absolute Gasteiger partial charge is 0.490 e. The van der Waals surface area contributed by atoms with Gasteiger partial charge >= 0.3 is 0 Å². The third-order valence-electron chi connectivity index (χ3n) is 4.93. The van der Waals surface area contributed by atoms with Crippen LogP contribution in [0.25, 0.3) is 11.0 Å². The molecule has 1 aromatic heterocycles. The van der Waals surface area contributed by atoms with Crippen molar-refractivity contribution in [1.29, 1.82) is 0 Å². The molecule has 1 unspecified atom stereocenters. The number of halogens is 1. The van der Waals surface area contributed by atoms with Gasteiger partial charge in [0, 0.05) is 5.02 Å². The first-order chi connectivity index (χ1) is 14.4. The first-order valence-corrected chi connectivity index (χ1v) is 9.90. The molecule has 0 saturated carbocycles. The van der Waals surface area contributed by atoms with Gasteiger partial charge in [0.05, 0.1) is 23.6 Å². The van der Waals surface area contributed by atoms with Crippen molar-refractivity contribution in [1.82, 2.24) is 5.32 Å². The fourth-order valence-electron chi connectivity index (χ4n) is 3.52. The number of benzene rings is 2. The summed E-state index contributed by atoms with van der Waals surface area (Å²) in [5.74, 6) is 0.650. The first-order valence-electron chi connectivity index (χ1n) is 9.52. The predicted molar refractivity (Wildman–Crippen MR) is 115 cm³/mol. The molecule has 0 radical (unpaired) electrons. The van der Waals surface area contributed by atoms with Gasteiger partial charge in [0.1, 0.15) is 12.2 Å². The Labute approximate surface area is 178 Å². The summed E-state index contributed by atoms with van der Waals surface area (Å²) in [6.45, 7) is 8.08. The highest BCUT2D eigenvalue weighted by atomic mass is 35.5. The van der Waals surface area contributed by atoms with Crippen LogP contribution >= 0.6 is 11.6 Å². The van der Waals surface area contributed by atoms with Crippen LogP contribution in [0.4, 0.5) is 0 Å². The van der Waals surface area contributed by atoms with Gasteiger partial charge in [-0.3, -0.25) is 9.59 Å². The summed E-state index contributed by atoms with van der Waals surface area (Å²) in [6, 6.07) is 7.87. The fraction of sp³-hybridized carbons (Fsp3) is 0.217. The van der Waals surface area contributed by atoms with Gasteiger partial charge in [-0.05, 0) is 49.2 Å². The second-order valence-electron chi connectivity index (χ2n) is 6.92. The molecule has 30 heavy (non-hydrogen) atoms. The lowest BCUT2D eigenvalue weighted by Gasteiger charge is -2.16. The molecule has 1 N–H and O–H groups in total. The number of carbonyl (C=O) groups excluding carboxylic acids is 1. The lowest BCUT2D eigenvalue weighted by Crippen LogP contribution is -2.22. The molecule has 0 bridgehead atoms. The van der Waals surface area contributed by atoms with Crippen LogP contribution < -0.4 is 20.2 Å². The van der Waals surface area contributed by atoms with Crippen LogP contribution in [-0.2, 0) is 0 Å². The van der Waals surface area contributed by atoms with Crippen molar-refractivity contribution in [2.75, 3.05) is 13.2 Å². The molecule has 6 nitrogen and oxygen atoms in total. The van der Waals surface area contributed by atoms with Crippen LogP contribution in [0.2, 0.25) is 5.02 Å². The van der Waals surface area contributed by atoms with Crippen LogP contribution in [-0.4, -0.2) is 19.1 Å². The normalized spacial score (nSPS) is 15.0. The van der Waals surface area contributed by atoms with E-state index in [4.69, 9.17) is 25.5 Å². The summed E-state index contributed by atoms with van der Waals surface area (Å²) >= 11 is 6.21. The van der Waals surface area contributed by atoms with E-state index < -0.39 is 11.9 Å². The molecule has 1 aliphatic heterocycles. The van der Waals surface area contributed by atoms with E-state index in [1.807, 2.05) is 13.8 Å². The van der Waals surface area contributed by atoms with Crippen molar-refractivity contribution in [3.05, 3.63) is 80.7 Å². The zero-order valence-corrected chi connectivity index (χ0v) is 17.3. The summed E-state index contributed by atoms with van der Waals surface area (Å²) in [5, 5.41) is 3.63. The monoisotopic (exact) mass is 425 g/mol. The van der Waals surface area contributed by atoms with Crippen LogP contribution in [0.5, 0.6) is 11.5 Å². The van der Waals surface area contributed by atoms with E-state index in [1.165, 1.54) is 0 Å².